The number of aryl methyl sites for hydroxylation is 1. The highest BCUT2D eigenvalue weighted by Gasteiger charge is 2.31. The Morgan fingerprint density at radius 3 is 2.94 bits per heavy atom. The molecule has 2 aliphatic heterocycles. The van der Waals surface area contributed by atoms with Crippen molar-refractivity contribution >= 4 is 29.0 Å². The molecule has 1 amide bonds. The number of fused-ring (bicyclic) bond motifs is 1. The molecular weight excluding hydrogens is 250 g/mol. The first kappa shape index (κ1) is 11.6. The van der Waals surface area contributed by atoms with Gasteiger partial charge in [0, 0.05) is 18.0 Å². The summed E-state index contributed by atoms with van der Waals surface area (Å²) in [5.41, 5.74) is 1.29. The van der Waals surface area contributed by atoms with E-state index in [1.54, 1.807) is 0 Å². The lowest BCUT2D eigenvalue weighted by Gasteiger charge is -2.31. The van der Waals surface area contributed by atoms with Crippen molar-refractivity contribution < 1.29 is 4.79 Å². The van der Waals surface area contributed by atoms with Crippen LogP contribution in [0.2, 0.25) is 0 Å². The van der Waals surface area contributed by atoms with Crippen LogP contribution in [0.15, 0.2) is 11.4 Å². The van der Waals surface area contributed by atoms with Crippen molar-refractivity contribution in [2.75, 3.05) is 18.8 Å². The van der Waals surface area contributed by atoms with Gasteiger partial charge in [0.1, 0.15) is 5.25 Å². The third-order valence-corrected chi connectivity index (χ3v) is 5.79. The first-order chi connectivity index (χ1) is 8.36. The predicted octanol–water partition coefficient (Wildman–Crippen LogP) is 3.09. The van der Waals surface area contributed by atoms with Crippen LogP contribution in [-0.2, 0) is 11.2 Å². The minimum Gasteiger partial charge on any atom is -0.341 e. The fraction of sp³-hybridized carbons (Fsp3) is 0.615. The standard InChI is InChI=1S/C13H17NOS2/c15-13(14-6-2-1-3-7-14)12-10-4-8-16-11(10)5-9-17-12/h4,8,12H,1-3,5-7,9H2. The smallest absolute Gasteiger partial charge is 0.240 e. The van der Waals surface area contributed by atoms with E-state index in [1.165, 1.54) is 29.7 Å². The van der Waals surface area contributed by atoms with Gasteiger partial charge >= 0.3 is 0 Å². The molecule has 0 saturated carbocycles. The quantitative estimate of drug-likeness (QED) is 0.779. The fourth-order valence-electron chi connectivity index (χ4n) is 2.63. The van der Waals surface area contributed by atoms with Crippen molar-refractivity contribution in [2.24, 2.45) is 0 Å². The highest BCUT2D eigenvalue weighted by atomic mass is 32.2. The second kappa shape index (κ2) is 5.02. The van der Waals surface area contributed by atoms with Crippen LogP contribution < -0.4 is 0 Å². The molecule has 0 spiro atoms. The number of likely N-dealkylation sites (tertiary alicyclic amines) is 1. The molecule has 0 aliphatic carbocycles. The number of thiophene rings is 1. The van der Waals surface area contributed by atoms with E-state index in [2.05, 4.69) is 16.3 Å². The number of nitrogens with zero attached hydrogens (tertiary/aromatic N) is 1. The number of carbonyl (C=O) groups is 1. The molecule has 1 aromatic heterocycles. The van der Waals surface area contributed by atoms with Crippen LogP contribution in [0.4, 0.5) is 0 Å². The van der Waals surface area contributed by atoms with Crippen LogP contribution in [-0.4, -0.2) is 29.6 Å². The van der Waals surface area contributed by atoms with Crippen LogP contribution in [0.25, 0.3) is 0 Å². The number of hydrogen-bond acceptors (Lipinski definition) is 3. The largest absolute Gasteiger partial charge is 0.341 e. The first-order valence-electron chi connectivity index (χ1n) is 6.33. The summed E-state index contributed by atoms with van der Waals surface area (Å²) in [6, 6.07) is 2.15. The Hall–Kier alpha value is -0.480. The highest BCUT2D eigenvalue weighted by molar-refractivity contribution is 8.00. The van der Waals surface area contributed by atoms with Crippen LogP contribution in [0.1, 0.15) is 35.0 Å². The lowest BCUT2D eigenvalue weighted by atomic mass is 10.1. The number of hydrogen-bond donors (Lipinski definition) is 0. The van der Waals surface area contributed by atoms with Crippen molar-refractivity contribution in [3.05, 3.63) is 21.9 Å². The summed E-state index contributed by atoms with van der Waals surface area (Å²) in [5.74, 6) is 1.45. The second-order valence-electron chi connectivity index (χ2n) is 4.69. The average Bonchev–Trinajstić information content (AvgIpc) is 2.87. The molecule has 4 heteroatoms. The number of piperidine rings is 1. The molecule has 0 radical (unpaired) electrons. The molecule has 0 N–H and O–H groups in total. The third kappa shape index (κ3) is 2.25. The molecule has 1 aromatic rings. The van der Waals surface area contributed by atoms with Gasteiger partial charge < -0.3 is 4.90 Å². The molecule has 1 atom stereocenters. The summed E-state index contributed by atoms with van der Waals surface area (Å²) in [6.07, 6.45) is 4.78. The summed E-state index contributed by atoms with van der Waals surface area (Å²) in [4.78, 5) is 16.0. The van der Waals surface area contributed by atoms with Crippen LogP contribution in [0, 0.1) is 0 Å². The molecule has 17 heavy (non-hydrogen) atoms. The molecule has 0 aromatic carbocycles. The maximum atomic E-state index is 12.5. The molecule has 92 valence electrons. The summed E-state index contributed by atoms with van der Waals surface area (Å²) in [6.45, 7) is 1.94. The van der Waals surface area contributed by atoms with Gasteiger partial charge in [-0.25, -0.2) is 0 Å². The molecule has 2 aliphatic rings. The topological polar surface area (TPSA) is 20.3 Å². The Kier molecular flexibility index (Phi) is 3.43. The Bertz CT molecular complexity index is 409. The Morgan fingerprint density at radius 2 is 2.12 bits per heavy atom. The van der Waals surface area contributed by atoms with E-state index >= 15 is 0 Å². The predicted molar refractivity (Wildman–Crippen MR) is 73.7 cm³/mol. The van der Waals surface area contributed by atoms with Gasteiger partial charge in [0.2, 0.25) is 5.91 Å². The third-order valence-electron chi connectivity index (χ3n) is 3.57. The molecule has 0 bridgehead atoms. The summed E-state index contributed by atoms with van der Waals surface area (Å²) in [7, 11) is 0. The van der Waals surface area contributed by atoms with E-state index < -0.39 is 0 Å². The van der Waals surface area contributed by atoms with E-state index in [1.807, 2.05) is 23.1 Å². The number of amides is 1. The van der Waals surface area contributed by atoms with Crippen molar-refractivity contribution in [2.45, 2.75) is 30.9 Å². The molecule has 1 saturated heterocycles. The second-order valence-corrected chi connectivity index (χ2v) is 6.90. The van der Waals surface area contributed by atoms with Gasteiger partial charge in [0.15, 0.2) is 0 Å². The summed E-state index contributed by atoms with van der Waals surface area (Å²) in [5, 5.41) is 2.22. The Labute approximate surface area is 110 Å². The lowest BCUT2D eigenvalue weighted by molar-refractivity contribution is -0.131. The summed E-state index contributed by atoms with van der Waals surface area (Å²) >= 11 is 3.64. The monoisotopic (exact) mass is 267 g/mol. The van der Waals surface area contributed by atoms with Crippen molar-refractivity contribution in [1.29, 1.82) is 0 Å². The maximum Gasteiger partial charge on any atom is 0.240 e. The number of thioether (sulfide) groups is 1. The fourth-order valence-corrected chi connectivity index (χ4v) is 5.01. The molecule has 2 nitrogen and oxygen atoms in total. The van der Waals surface area contributed by atoms with Gasteiger partial charge in [0.25, 0.3) is 0 Å². The van der Waals surface area contributed by atoms with E-state index in [-0.39, 0.29) is 5.25 Å². The summed E-state index contributed by atoms with van der Waals surface area (Å²) < 4.78 is 0. The van der Waals surface area contributed by atoms with Crippen molar-refractivity contribution in [1.82, 2.24) is 4.90 Å². The normalized spacial score (nSPS) is 24.5. The van der Waals surface area contributed by atoms with Crippen LogP contribution in [0.3, 0.4) is 0 Å². The highest BCUT2D eigenvalue weighted by Crippen LogP contribution is 2.40. The van der Waals surface area contributed by atoms with Crippen LogP contribution in [0.5, 0.6) is 0 Å². The molecule has 3 heterocycles. The van der Waals surface area contributed by atoms with E-state index in [9.17, 15) is 4.79 Å². The van der Waals surface area contributed by atoms with E-state index in [0.717, 1.165) is 25.3 Å². The lowest BCUT2D eigenvalue weighted by Crippen LogP contribution is -2.38. The van der Waals surface area contributed by atoms with Gasteiger partial charge in [-0.05, 0) is 48.4 Å². The zero-order valence-electron chi connectivity index (χ0n) is 9.85. The number of carbonyl (C=O) groups excluding carboxylic acids is 1. The minimum absolute atomic E-state index is 0.0862. The zero-order valence-corrected chi connectivity index (χ0v) is 11.5. The van der Waals surface area contributed by atoms with Gasteiger partial charge in [-0.3, -0.25) is 4.79 Å². The molecule has 3 rings (SSSR count). The van der Waals surface area contributed by atoms with Crippen molar-refractivity contribution in [3.63, 3.8) is 0 Å². The molecular formula is C13H17NOS2. The van der Waals surface area contributed by atoms with Gasteiger partial charge in [-0.15, -0.1) is 23.1 Å². The number of rotatable bonds is 1. The SMILES string of the molecule is O=C(C1SCCc2sccc21)N1CCCCC1. The minimum atomic E-state index is 0.0862. The van der Waals surface area contributed by atoms with E-state index in [0.29, 0.717) is 5.91 Å². The molecule has 1 unspecified atom stereocenters. The van der Waals surface area contributed by atoms with Crippen molar-refractivity contribution in [3.8, 4) is 0 Å². The average molecular weight is 267 g/mol. The zero-order chi connectivity index (χ0) is 11.7. The van der Waals surface area contributed by atoms with Gasteiger partial charge in [0.05, 0.1) is 0 Å². The Morgan fingerprint density at radius 1 is 1.29 bits per heavy atom. The van der Waals surface area contributed by atoms with Gasteiger partial charge in [-0.1, -0.05) is 0 Å². The first-order valence-corrected chi connectivity index (χ1v) is 8.26. The maximum absolute atomic E-state index is 12.5. The molecule has 1 fully saturated rings. The Balaban J connectivity index is 1.79. The van der Waals surface area contributed by atoms with Gasteiger partial charge in [-0.2, -0.15) is 0 Å². The van der Waals surface area contributed by atoms with Crippen LogP contribution >= 0.6 is 23.1 Å². The van der Waals surface area contributed by atoms with E-state index in [4.69, 9.17) is 0 Å².